The van der Waals surface area contributed by atoms with Crippen LogP contribution in [0, 0.1) is 5.82 Å². The molecule has 6 nitrogen and oxygen atoms in total. The minimum Gasteiger partial charge on any atom is -0.338 e. The second-order valence-electron chi connectivity index (χ2n) is 8.32. The van der Waals surface area contributed by atoms with Crippen molar-refractivity contribution in [3.8, 4) is 0 Å². The second-order valence-corrected chi connectivity index (χ2v) is 8.32. The van der Waals surface area contributed by atoms with Gasteiger partial charge in [-0.3, -0.25) is 9.69 Å². The molecule has 2 aliphatic heterocycles. The molecule has 2 heterocycles. The molecule has 1 saturated carbocycles. The number of urea groups is 1. The van der Waals surface area contributed by atoms with E-state index >= 15 is 0 Å². The molecule has 1 aromatic carbocycles. The van der Waals surface area contributed by atoms with Gasteiger partial charge in [-0.15, -0.1) is 0 Å². The monoisotopic (exact) mass is 388 g/mol. The van der Waals surface area contributed by atoms with Gasteiger partial charge in [-0.25, -0.2) is 9.18 Å². The van der Waals surface area contributed by atoms with Gasteiger partial charge in [-0.2, -0.15) is 0 Å². The highest BCUT2D eigenvalue weighted by molar-refractivity contribution is 5.96. The quantitative estimate of drug-likeness (QED) is 0.837. The molecule has 3 fully saturated rings. The van der Waals surface area contributed by atoms with E-state index in [1.165, 1.54) is 18.6 Å². The molecule has 3 amide bonds. The van der Waals surface area contributed by atoms with Crippen LogP contribution < -0.4 is 10.6 Å². The van der Waals surface area contributed by atoms with Crippen molar-refractivity contribution in [3.63, 3.8) is 0 Å². The zero-order valence-electron chi connectivity index (χ0n) is 16.3. The number of rotatable bonds is 3. The number of hydrogen-bond acceptors (Lipinski definition) is 3. The van der Waals surface area contributed by atoms with Gasteiger partial charge in [-0.05, 0) is 50.4 Å². The van der Waals surface area contributed by atoms with Crippen LogP contribution in [-0.2, 0) is 4.79 Å². The molecule has 0 unspecified atom stereocenters. The summed E-state index contributed by atoms with van der Waals surface area (Å²) < 4.78 is 13.4. The van der Waals surface area contributed by atoms with Gasteiger partial charge in [0.15, 0.2) is 0 Å². The molecule has 1 aromatic rings. The third-order valence-electron chi connectivity index (χ3n) is 6.43. The van der Waals surface area contributed by atoms with Crippen molar-refractivity contribution in [1.82, 2.24) is 15.1 Å². The minimum atomic E-state index is -0.851. The van der Waals surface area contributed by atoms with Gasteiger partial charge in [0, 0.05) is 31.4 Å². The van der Waals surface area contributed by atoms with Crippen LogP contribution in [0.4, 0.5) is 14.9 Å². The number of nitrogens with zero attached hydrogens (tertiary/aromatic N) is 2. The van der Waals surface area contributed by atoms with Gasteiger partial charge >= 0.3 is 6.03 Å². The number of fused-ring (bicyclic) bond motifs is 1. The number of anilines is 1. The highest BCUT2D eigenvalue weighted by atomic mass is 19.1. The predicted molar refractivity (Wildman–Crippen MR) is 106 cm³/mol. The number of hydrogen-bond donors (Lipinski definition) is 2. The molecular formula is C21H29FN4O2. The first-order chi connectivity index (χ1) is 13.6. The zero-order chi connectivity index (χ0) is 19.6. The van der Waals surface area contributed by atoms with Gasteiger partial charge in [-0.1, -0.05) is 25.3 Å². The first-order valence-electron chi connectivity index (χ1n) is 10.4. The number of halogens is 1. The number of amides is 3. The average molecular weight is 388 g/mol. The normalized spacial score (nSPS) is 24.5. The van der Waals surface area contributed by atoms with Crippen LogP contribution in [0.25, 0.3) is 0 Å². The molecule has 0 aromatic heterocycles. The van der Waals surface area contributed by atoms with Crippen LogP contribution in [0.15, 0.2) is 24.3 Å². The lowest BCUT2D eigenvalue weighted by Crippen LogP contribution is -2.64. The number of benzene rings is 1. The molecule has 28 heavy (non-hydrogen) atoms. The first kappa shape index (κ1) is 19.2. The molecular weight excluding hydrogens is 359 g/mol. The van der Waals surface area contributed by atoms with Gasteiger partial charge in [0.2, 0.25) is 5.91 Å². The van der Waals surface area contributed by atoms with Crippen molar-refractivity contribution < 1.29 is 14.0 Å². The van der Waals surface area contributed by atoms with Gasteiger partial charge in [0.1, 0.15) is 11.4 Å². The topological polar surface area (TPSA) is 64.7 Å². The molecule has 0 spiro atoms. The lowest BCUT2D eigenvalue weighted by atomic mass is 9.80. The summed E-state index contributed by atoms with van der Waals surface area (Å²) in [7, 11) is 0. The van der Waals surface area contributed by atoms with Crippen LogP contribution >= 0.6 is 0 Å². The van der Waals surface area contributed by atoms with Gasteiger partial charge in [0.05, 0.1) is 0 Å². The smallest absolute Gasteiger partial charge is 0.320 e. The van der Waals surface area contributed by atoms with Crippen molar-refractivity contribution >= 4 is 17.6 Å². The summed E-state index contributed by atoms with van der Waals surface area (Å²) in [6, 6.07) is 5.80. The maximum absolute atomic E-state index is 13.5. The van der Waals surface area contributed by atoms with E-state index in [0.717, 1.165) is 51.9 Å². The largest absolute Gasteiger partial charge is 0.338 e. The standard InChI is InChI=1S/C21H29FN4O2/c22-16-6-4-7-17(14-16)23-20(28)24-21(9-2-1-3-10-21)19(27)26-13-12-25-11-5-8-18(25)15-26/h4,6-7,14,18H,1-3,5,8-13,15H2,(H2,23,24,28)/t18-/m1/s1. The van der Waals surface area contributed by atoms with E-state index in [9.17, 15) is 14.0 Å². The first-order valence-corrected chi connectivity index (χ1v) is 10.4. The zero-order valence-corrected chi connectivity index (χ0v) is 16.3. The highest BCUT2D eigenvalue weighted by Gasteiger charge is 2.45. The van der Waals surface area contributed by atoms with Crippen LogP contribution in [0.1, 0.15) is 44.9 Å². The van der Waals surface area contributed by atoms with Gasteiger partial charge < -0.3 is 15.5 Å². The van der Waals surface area contributed by atoms with E-state index in [2.05, 4.69) is 15.5 Å². The fourth-order valence-electron chi connectivity index (χ4n) is 4.97. The average Bonchev–Trinajstić information content (AvgIpc) is 3.15. The Hall–Kier alpha value is -2.15. The number of nitrogens with one attached hydrogen (secondary N) is 2. The SMILES string of the molecule is O=C(Nc1cccc(F)c1)NC1(C(=O)N2CCN3CCC[C@@H]3C2)CCCCC1. The van der Waals surface area contributed by atoms with Crippen molar-refractivity contribution in [3.05, 3.63) is 30.1 Å². The van der Waals surface area contributed by atoms with E-state index in [1.807, 2.05) is 4.90 Å². The summed E-state index contributed by atoms with van der Waals surface area (Å²) in [5.74, 6) is -0.358. The molecule has 4 rings (SSSR count). The number of carbonyl (C=O) groups is 2. The van der Waals surface area contributed by atoms with Gasteiger partial charge in [0.25, 0.3) is 0 Å². The lowest BCUT2D eigenvalue weighted by Gasteiger charge is -2.44. The Balaban J connectivity index is 1.46. The van der Waals surface area contributed by atoms with E-state index in [0.29, 0.717) is 24.6 Å². The third-order valence-corrected chi connectivity index (χ3v) is 6.43. The Morgan fingerprint density at radius 2 is 1.89 bits per heavy atom. The van der Waals surface area contributed by atoms with Crippen LogP contribution in [0.5, 0.6) is 0 Å². The van der Waals surface area contributed by atoms with E-state index in [4.69, 9.17) is 0 Å². The van der Waals surface area contributed by atoms with Crippen LogP contribution in [-0.4, -0.2) is 59.5 Å². The molecule has 3 aliphatic rings. The Labute approximate surface area is 165 Å². The Morgan fingerprint density at radius 3 is 2.68 bits per heavy atom. The van der Waals surface area contributed by atoms with E-state index < -0.39 is 17.4 Å². The molecule has 152 valence electrons. The summed E-state index contributed by atoms with van der Waals surface area (Å²) in [6.07, 6.45) is 6.60. The number of piperazine rings is 1. The maximum atomic E-state index is 13.5. The second kappa shape index (κ2) is 8.07. The van der Waals surface area contributed by atoms with Crippen LogP contribution in [0.3, 0.4) is 0 Å². The molecule has 2 N–H and O–H groups in total. The predicted octanol–water partition coefficient (Wildman–Crippen LogP) is 2.96. The Kier molecular flexibility index (Phi) is 5.53. The third kappa shape index (κ3) is 3.99. The van der Waals surface area contributed by atoms with Crippen molar-refractivity contribution in [2.75, 3.05) is 31.5 Å². The molecule has 0 radical (unpaired) electrons. The lowest BCUT2D eigenvalue weighted by molar-refractivity contribution is -0.142. The molecule has 7 heteroatoms. The van der Waals surface area contributed by atoms with Crippen molar-refractivity contribution in [1.29, 1.82) is 0 Å². The molecule has 0 bridgehead atoms. The summed E-state index contributed by atoms with van der Waals surface area (Å²) >= 11 is 0. The van der Waals surface area contributed by atoms with Crippen molar-refractivity contribution in [2.24, 2.45) is 0 Å². The number of carbonyl (C=O) groups excluding carboxylic acids is 2. The maximum Gasteiger partial charge on any atom is 0.320 e. The molecule has 1 atom stereocenters. The van der Waals surface area contributed by atoms with E-state index in [1.54, 1.807) is 12.1 Å². The molecule has 2 saturated heterocycles. The fourth-order valence-corrected chi connectivity index (χ4v) is 4.97. The molecule has 1 aliphatic carbocycles. The Bertz CT molecular complexity index is 735. The Morgan fingerprint density at radius 1 is 1.07 bits per heavy atom. The van der Waals surface area contributed by atoms with E-state index in [-0.39, 0.29) is 5.91 Å². The minimum absolute atomic E-state index is 0.0492. The van der Waals surface area contributed by atoms with Crippen molar-refractivity contribution in [2.45, 2.75) is 56.5 Å². The summed E-state index contributed by atoms with van der Waals surface area (Å²) in [6.45, 7) is 3.53. The summed E-state index contributed by atoms with van der Waals surface area (Å²) in [4.78, 5) is 30.6. The highest BCUT2D eigenvalue weighted by Crippen LogP contribution is 2.32. The summed E-state index contributed by atoms with van der Waals surface area (Å²) in [5.41, 5.74) is -0.466. The summed E-state index contributed by atoms with van der Waals surface area (Å²) in [5, 5.41) is 5.66. The fraction of sp³-hybridized carbons (Fsp3) is 0.619. The van der Waals surface area contributed by atoms with Crippen LogP contribution in [0.2, 0.25) is 0 Å².